The molecule has 3 aromatic rings. The zero-order chi connectivity index (χ0) is 18.8. The average molecular weight is 355 g/mol. The van der Waals surface area contributed by atoms with E-state index in [1.54, 1.807) is 45.4 Å². The Labute approximate surface area is 148 Å². The Kier molecular flexibility index (Phi) is 4.48. The fraction of sp³-hybridized carbons (Fsp3) is 0.250. The number of anilines is 1. The lowest BCUT2D eigenvalue weighted by Crippen LogP contribution is -2.30. The molecule has 0 unspecified atom stereocenters. The summed E-state index contributed by atoms with van der Waals surface area (Å²) >= 11 is 0. The first-order chi connectivity index (χ1) is 12.4. The van der Waals surface area contributed by atoms with E-state index in [9.17, 15) is 14.4 Å². The Morgan fingerprint density at radius 3 is 2.77 bits per heavy atom. The summed E-state index contributed by atoms with van der Waals surface area (Å²) in [5.74, 6) is -0.635. The van der Waals surface area contributed by atoms with Crippen LogP contribution in [0.2, 0.25) is 0 Å². The van der Waals surface area contributed by atoms with E-state index >= 15 is 0 Å². The number of carbonyl (C=O) groups is 2. The Morgan fingerprint density at radius 2 is 2.04 bits per heavy atom. The van der Waals surface area contributed by atoms with Crippen molar-refractivity contribution in [2.24, 2.45) is 7.05 Å². The summed E-state index contributed by atoms with van der Waals surface area (Å²) in [7, 11) is 4.94. The summed E-state index contributed by atoms with van der Waals surface area (Å²) in [4.78, 5) is 38.0. The van der Waals surface area contributed by atoms with Crippen LogP contribution < -0.4 is 10.9 Å². The van der Waals surface area contributed by atoms with Crippen LogP contribution >= 0.6 is 0 Å². The first-order valence-electron chi connectivity index (χ1n) is 7.74. The lowest BCUT2D eigenvalue weighted by molar-refractivity contribution is -0.117. The largest absolute Gasteiger partial charge is 0.345 e. The van der Waals surface area contributed by atoms with Gasteiger partial charge in [-0.1, -0.05) is 11.3 Å². The number of benzene rings is 1. The highest BCUT2D eigenvalue weighted by molar-refractivity contribution is 5.96. The van der Waals surface area contributed by atoms with Gasteiger partial charge in [0, 0.05) is 32.4 Å². The number of aromatic nitrogens is 5. The van der Waals surface area contributed by atoms with Crippen LogP contribution in [-0.2, 0) is 18.4 Å². The highest BCUT2D eigenvalue weighted by atomic mass is 16.2. The Hall–Kier alpha value is -3.56. The van der Waals surface area contributed by atoms with E-state index in [4.69, 9.17) is 0 Å². The smallest absolute Gasteiger partial charge is 0.281 e. The minimum Gasteiger partial charge on any atom is -0.345 e. The van der Waals surface area contributed by atoms with Crippen LogP contribution in [-0.4, -0.2) is 55.6 Å². The summed E-state index contributed by atoms with van der Waals surface area (Å²) in [5.41, 5.74) is 0.795. The normalized spacial score (nSPS) is 10.7. The fourth-order valence-corrected chi connectivity index (χ4v) is 2.40. The predicted molar refractivity (Wildman–Crippen MR) is 93.7 cm³/mol. The van der Waals surface area contributed by atoms with Crippen molar-refractivity contribution in [1.82, 2.24) is 29.7 Å². The maximum Gasteiger partial charge on any atom is 0.281 e. The maximum absolute atomic E-state index is 12.3. The zero-order valence-electron chi connectivity index (χ0n) is 14.5. The molecule has 26 heavy (non-hydrogen) atoms. The molecule has 0 atom stereocenters. The van der Waals surface area contributed by atoms with Crippen molar-refractivity contribution in [3.05, 3.63) is 46.4 Å². The Bertz CT molecular complexity index is 1050. The van der Waals surface area contributed by atoms with Gasteiger partial charge in [0.2, 0.25) is 5.91 Å². The van der Waals surface area contributed by atoms with Crippen molar-refractivity contribution in [3.8, 4) is 0 Å². The number of fused-ring (bicyclic) bond motifs is 1. The van der Waals surface area contributed by atoms with E-state index in [1.165, 1.54) is 15.8 Å². The van der Waals surface area contributed by atoms with Gasteiger partial charge in [0.1, 0.15) is 11.9 Å². The van der Waals surface area contributed by atoms with Crippen LogP contribution in [0.5, 0.6) is 0 Å². The molecule has 10 heteroatoms. The van der Waals surface area contributed by atoms with Crippen molar-refractivity contribution in [3.63, 3.8) is 0 Å². The number of carbonyl (C=O) groups excluding carboxylic acids is 2. The third kappa shape index (κ3) is 3.29. The van der Waals surface area contributed by atoms with Gasteiger partial charge in [0.05, 0.1) is 6.20 Å². The second kappa shape index (κ2) is 6.75. The van der Waals surface area contributed by atoms with Gasteiger partial charge >= 0.3 is 0 Å². The van der Waals surface area contributed by atoms with E-state index in [2.05, 4.69) is 20.7 Å². The fourth-order valence-electron chi connectivity index (χ4n) is 2.40. The molecule has 1 aromatic carbocycles. The van der Waals surface area contributed by atoms with Crippen LogP contribution in [0.15, 0.2) is 35.3 Å². The average Bonchev–Trinajstić information content (AvgIpc) is 2.98. The lowest BCUT2D eigenvalue weighted by Gasteiger charge is -2.11. The minimum atomic E-state index is -0.459. The highest BCUT2D eigenvalue weighted by Crippen LogP contribution is 2.12. The number of nitrogens with zero attached hydrogens (tertiary/aromatic N) is 6. The van der Waals surface area contributed by atoms with Gasteiger partial charge in [0.25, 0.3) is 11.5 Å². The third-order valence-corrected chi connectivity index (χ3v) is 3.71. The lowest BCUT2D eigenvalue weighted by atomic mass is 10.2. The molecule has 134 valence electrons. The van der Waals surface area contributed by atoms with Crippen LogP contribution in [0.25, 0.3) is 11.0 Å². The van der Waals surface area contributed by atoms with E-state index in [1.807, 2.05) is 0 Å². The summed E-state index contributed by atoms with van der Waals surface area (Å²) in [6, 6.07) is 6.55. The molecular weight excluding hydrogens is 338 g/mol. The van der Waals surface area contributed by atoms with Gasteiger partial charge in [-0.3, -0.25) is 14.4 Å². The van der Waals surface area contributed by atoms with Gasteiger partial charge in [-0.05, 0) is 18.2 Å². The first-order valence-corrected chi connectivity index (χ1v) is 7.74. The number of aryl methyl sites for hydroxylation is 1. The van der Waals surface area contributed by atoms with Crippen molar-refractivity contribution in [2.45, 2.75) is 6.54 Å². The zero-order valence-corrected chi connectivity index (χ0v) is 14.5. The molecule has 1 N–H and O–H groups in total. The van der Waals surface area contributed by atoms with E-state index in [-0.39, 0.29) is 17.8 Å². The molecule has 10 nitrogen and oxygen atoms in total. The number of hydrogen-bond donors (Lipinski definition) is 1. The van der Waals surface area contributed by atoms with Crippen LogP contribution in [0.1, 0.15) is 10.4 Å². The second-order valence-corrected chi connectivity index (χ2v) is 5.89. The number of nitrogens with one attached hydrogen (secondary N) is 1. The Morgan fingerprint density at radius 1 is 1.27 bits per heavy atom. The first kappa shape index (κ1) is 17.3. The molecular formula is C16H17N7O3. The van der Waals surface area contributed by atoms with E-state index in [0.29, 0.717) is 16.9 Å². The van der Waals surface area contributed by atoms with Gasteiger partial charge < -0.3 is 10.2 Å². The van der Waals surface area contributed by atoms with Crippen LogP contribution in [0.3, 0.4) is 0 Å². The molecule has 0 saturated heterocycles. The van der Waals surface area contributed by atoms with Gasteiger partial charge in [-0.2, -0.15) is 5.10 Å². The van der Waals surface area contributed by atoms with Gasteiger partial charge in [-0.15, -0.1) is 5.10 Å². The summed E-state index contributed by atoms with van der Waals surface area (Å²) in [6.45, 7) is -0.303. The SMILES string of the molecule is CN(C)C(=O)c1cccc(NC(=O)Cn2nnc3c(cnn3C)c2=O)c1. The van der Waals surface area contributed by atoms with Crippen molar-refractivity contribution < 1.29 is 9.59 Å². The monoisotopic (exact) mass is 355 g/mol. The van der Waals surface area contributed by atoms with Crippen LogP contribution in [0.4, 0.5) is 5.69 Å². The Balaban J connectivity index is 1.77. The molecule has 2 aromatic heterocycles. The quantitative estimate of drug-likeness (QED) is 0.697. The molecule has 0 saturated carbocycles. The number of hydrogen-bond acceptors (Lipinski definition) is 6. The molecule has 2 amide bonds. The van der Waals surface area contributed by atoms with Crippen molar-refractivity contribution in [1.29, 1.82) is 0 Å². The van der Waals surface area contributed by atoms with Crippen molar-refractivity contribution in [2.75, 3.05) is 19.4 Å². The molecule has 3 rings (SSSR count). The molecule has 0 fully saturated rings. The molecule has 2 heterocycles. The summed E-state index contributed by atoms with van der Waals surface area (Å²) in [6.07, 6.45) is 1.39. The highest BCUT2D eigenvalue weighted by Gasteiger charge is 2.13. The number of amides is 2. The standard InChI is InChI=1S/C16H17N7O3/c1-21(2)15(25)10-5-4-6-11(7-10)18-13(24)9-23-16(26)12-8-17-22(3)14(12)19-20-23/h4-8H,9H2,1-3H3,(H,18,24). The van der Waals surface area contributed by atoms with Gasteiger partial charge in [-0.25, -0.2) is 9.36 Å². The topological polar surface area (TPSA) is 115 Å². The number of rotatable bonds is 4. The molecule has 0 radical (unpaired) electrons. The second-order valence-electron chi connectivity index (χ2n) is 5.89. The molecule has 0 aliphatic rings. The molecule has 0 aliphatic heterocycles. The van der Waals surface area contributed by atoms with Crippen molar-refractivity contribution >= 4 is 28.5 Å². The molecule has 0 spiro atoms. The van der Waals surface area contributed by atoms with E-state index in [0.717, 1.165) is 4.68 Å². The molecule has 0 aliphatic carbocycles. The molecule has 0 bridgehead atoms. The maximum atomic E-state index is 12.3. The summed E-state index contributed by atoms with van der Waals surface area (Å²) in [5, 5.41) is 14.5. The predicted octanol–water partition coefficient (Wildman–Crippen LogP) is -0.134. The third-order valence-electron chi connectivity index (χ3n) is 3.71. The minimum absolute atomic E-state index is 0.176. The van der Waals surface area contributed by atoms with E-state index < -0.39 is 11.5 Å². The van der Waals surface area contributed by atoms with Gasteiger partial charge in [0.15, 0.2) is 5.65 Å². The van der Waals surface area contributed by atoms with Crippen LogP contribution in [0, 0.1) is 0 Å². The summed E-state index contributed by atoms with van der Waals surface area (Å²) < 4.78 is 2.40.